The number of thiazole rings is 2. The Labute approximate surface area is 162 Å². The average molecular weight is 405 g/mol. The lowest BCUT2D eigenvalue weighted by atomic mass is 10.2. The lowest BCUT2D eigenvalue weighted by molar-refractivity contribution is 1.29. The van der Waals surface area contributed by atoms with Crippen molar-refractivity contribution in [1.82, 2.24) is 15.0 Å². The van der Waals surface area contributed by atoms with Crippen LogP contribution in [0.25, 0.3) is 22.0 Å². The molecule has 0 aliphatic heterocycles. The zero-order valence-electron chi connectivity index (χ0n) is 12.6. The van der Waals surface area contributed by atoms with E-state index in [1.54, 1.807) is 41.9 Å². The molecule has 0 spiro atoms. The van der Waals surface area contributed by atoms with E-state index >= 15 is 0 Å². The van der Waals surface area contributed by atoms with Crippen LogP contribution in [0.1, 0.15) is 0 Å². The van der Waals surface area contributed by atoms with E-state index in [0.717, 1.165) is 32.8 Å². The number of aromatic nitrogens is 3. The Morgan fingerprint density at radius 2 is 1.72 bits per heavy atom. The molecule has 8 heteroatoms. The highest BCUT2D eigenvalue weighted by Gasteiger charge is 2.11. The minimum Gasteiger partial charge on any atom is -0.331 e. The van der Waals surface area contributed by atoms with Crippen LogP contribution in [-0.2, 0) is 0 Å². The second-order valence-corrected chi connectivity index (χ2v) is 7.69. The summed E-state index contributed by atoms with van der Waals surface area (Å²) in [5.74, 6) is 0. The van der Waals surface area contributed by atoms with Crippen molar-refractivity contribution in [1.29, 1.82) is 0 Å². The second kappa shape index (κ2) is 7.09. The van der Waals surface area contributed by atoms with Crippen molar-refractivity contribution in [2.45, 2.75) is 0 Å². The third-order valence-corrected chi connectivity index (χ3v) is 5.36. The minimum atomic E-state index is 0.577. The van der Waals surface area contributed by atoms with Crippen LogP contribution >= 0.6 is 45.9 Å². The maximum absolute atomic E-state index is 6.02. The number of nitrogens with zero attached hydrogens (tertiary/aromatic N) is 3. The van der Waals surface area contributed by atoms with E-state index in [2.05, 4.69) is 20.3 Å². The average Bonchev–Trinajstić information content (AvgIpc) is 3.24. The molecular formula is C17H10Cl2N4S2. The number of nitrogens with one attached hydrogen (secondary N) is 1. The van der Waals surface area contributed by atoms with Crippen LogP contribution in [0.15, 0.2) is 53.5 Å². The van der Waals surface area contributed by atoms with E-state index in [-0.39, 0.29) is 0 Å². The molecule has 3 aromatic heterocycles. The van der Waals surface area contributed by atoms with E-state index in [4.69, 9.17) is 23.2 Å². The van der Waals surface area contributed by atoms with E-state index in [1.165, 1.54) is 11.3 Å². The van der Waals surface area contributed by atoms with Gasteiger partial charge in [0.05, 0.1) is 5.69 Å². The number of anilines is 2. The maximum Gasteiger partial charge on any atom is 0.187 e. The van der Waals surface area contributed by atoms with Crippen molar-refractivity contribution < 1.29 is 0 Å². The van der Waals surface area contributed by atoms with Gasteiger partial charge in [-0.15, -0.1) is 22.7 Å². The van der Waals surface area contributed by atoms with E-state index < -0.39 is 0 Å². The van der Waals surface area contributed by atoms with Crippen molar-refractivity contribution in [2.75, 3.05) is 5.32 Å². The summed E-state index contributed by atoms with van der Waals surface area (Å²) >= 11 is 15.1. The molecule has 0 aliphatic rings. The van der Waals surface area contributed by atoms with Crippen LogP contribution in [0, 0.1) is 0 Å². The Balaban J connectivity index is 1.56. The SMILES string of the molecule is Clc1cc(Cl)cc(Nc2nc(-c3nc(-c4cccnc4)cs3)cs2)c1. The summed E-state index contributed by atoms with van der Waals surface area (Å²) in [6, 6.07) is 9.19. The topological polar surface area (TPSA) is 50.7 Å². The standard InChI is InChI=1S/C17H10Cl2N4S2/c18-11-4-12(19)6-13(5-11)21-17-23-15(9-25-17)16-22-14(8-24-16)10-2-1-3-20-7-10/h1-9H,(H,21,23). The monoisotopic (exact) mass is 404 g/mol. The summed E-state index contributed by atoms with van der Waals surface area (Å²) in [6.07, 6.45) is 3.55. The van der Waals surface area contributed by atoms with Gasteiger partial charge in [0.25, 0.3) is 0 Å². The smallest absolute Gasteiger partial charge is 0.187 e. The molecule has 0 saturated heterocycles. The van der Waals surface area contributed by atoms with Crippen molar-refractivity contribution >= 4 is 56.7 Å². The molecular weight excluding hydrogens is 395 g/mol. The summed E-state index contributed by atoms with van der Waals surface area (Å²) in [5.41, 5.74) is 3.53. The van der Waals surface area contributed by atoms with Crippen LogP contribution in [0.4, 0.5) is 10.8 Å². The zero-order chi connectivity index (χ0) is 17.2. The van der Waals surface area contributed by atoms with Gasteiger partial charge in [-0.25, -0.2) is 9.97 Å². The first-order chi connectivity index (χ1) is 12.2. The molecule has 0 aliphatic carbocycles. The van der Waals surface area contributed by atoms with Crippen LogP contribution < -0.4 is 5.32 Å². The summed E-state index contributed by atoms with van der Waals surface area (Å²) in [7, 11) is 0. The number of benzene rings is 1. The predicted molar refractivity (Wildman–Crippen MR) is 106 cm³/mol. The van der Waals surface area contributed by atoms with Gasteiger partial charge in [0.1, 0.15) is 10.7 Å². The highest BCUT2D eigenvalue weighted by atomic mass is 35.5. The molecule has 0 amide bonds. The Morgan fingerprint density at radius 3 is 2.48 bits per heavy atom. The first-order valence-electron chi connectivity index (χ1n) is 7.22. The molecule has 0 bridgehead atoms. The lowest BCUT2D eigenvalue weighted by Crippen LogP contribution is -1.89. The predicted octanol–water partition coefficient (Wildman–Crippen LogP) is 6.38. The molecule has 0 radical (unpaired) electrons. The van der Waals surface area contributed by atoms with Gasteiger partial charge in [0.2, 0.25) is 0 Å². The van der Waals surface area contributed by atoms with Gasteiger partial charge in [-0.2, -0.15) is 0 Å². The van der Waals surface area contributed by atoms with Crippen LogP contribution in [0.3, 0.4) is 0 Å². The van der Waals surface area contributed by atoms with Crippen LogP contribution in [-0.4, -0.2) is 15.0 Å². The number of halogens is 2. The molecule has 4 nitrogen and oxygen atoms in total. The fraction of sp³-hybridized carbons (Fsp3) is 0. The van der Waals surface area contributed by atoms with Crippen molar-refractivity contribution in [3.05, 3.63) is 63.5 Å². The molecule has 0 atom stereocenters. The molecule has 0 fully saturated rings. The Morgan fingerprint density at radius 1 is 0.920 bits per heavy atom. The molecule has 0 saturated carbocycles. The zero-order valence-corrected chi connectivity index (χ0v) is 15.8. The van der Waals surface area contributed by atoms with E-state index in [1.807, 2.05) is 22.9 Å². The Hall–Kier alpha value is -1.99. The summed E-state index contributed by atoms with van der Waals surface area (Å²) in [6.45, 7) is 0. The van der Waals surface area contributed by atoms with Crippen molar-refractivity contribution in [2.24, 2.45) is 0 Å². The van der Waals surface area contributed by atoms with Gasteiger partial charge in [-0.05, 0) is 30.3 Å². The van der Waals surface area contributed by atoms with Crippen molar-refractivity contribution in [3.63, 3.8) is 0 Å². The fourth-order valence-electron chi connectivity index (χ4n) is 2.22. The van der Waals surface area contributed by atoms with E-state index in [0.29, 0.717) is 10.0 Å². The van der Waals surface area contributed by atoms with Gasteiger partial charge < -0.3 is 5.32 Å². The molecule has 0 unspecified atom stereocenters. The molecule has 25 heavy (non-hydrogen) atoms. The van der Waals surface area contributed by atoms with Gasteiger partial charge >= 0.3 is 0 Å². The lowest BCUT2D eigenvalue weighted by Gasteiger charge is -2.03. The number of rotatable bonds is 4. The number of hydrogen-bond acceptors (Lipinski definition) is 6. The van der Waals surface area contributed by atoms with Crippen LogP contribution in [0.2, 0.25) is 10.0 Å². The summed E-state index contributed by atoms with van der Waals surface area (Å²) < 4.78 is 0. The quantitative estimate of drug-likeness (QED) is 0.428. The Kier molecular flexibility index (Phi) is 4.67. The molecule has 1 N–H and O–H groups in total. The highest BCUT2D eigenvalue weighted by Crippen LogP contribution is 2.32. The molecule has 124 valence electrons. The molecule has 1 aromatic carbocycles. The van der Waals surface area contributed by atoms with Gasteiger partial charge in [-0.3, -0.25) is 4.98 Å². The third-order valence-electron chi connectivity index (χ3n) is 3.30. The maximum atomic E-state index is 6.02. The Bertz CT molecular complexity index is 994. The van der Waals surface area contributed by atoms with Gasteiger partial charge in [-0.1, -0.05) is 23.2 Å². The number of pyridine rings is 1. The van der Waals surface area contributed by atoms with Crippen LogP contribution in [0.5, 0.6) is 0 Å². The van der Waals surface area contributed by atoms with E-state index in [9.17, 15) is 0 Å². The molecule has 3 heterocycles. The summed E-state index contributed by atoms with van der Waals surface area (Å²) in [4.78, 5) is 13.4. The third kappa shape index (κ3) is 3.82. The number of hydrogen-bond donors (Lipinski definition) is 1. The molecule has 4 rings (SSSR count). The normalized spacial score (nSPS) is 10.8. The second-order valence-electron chi connectivity index (χ2n) is 5.10. The highest BCUT2D eigenvalue weighted by molar-refractivity contribution is 7.15. The fourth-order valence-corrected chi connectivity index (χ4v) is 4.32. The van der Waals surface area contributed by atoms with Gasteiger partial charge in [0, 0.05) is 44.4 Å². The largest absolute Gasteiger partial charge is 0.331 e. The minimum absolute atomic E-state index is 0.577. The molecule has 4 aromatic rings. The first kappa shape index (κ1) is 16.5. The first-order valence-corrected chi connectivity index (χ1v) is 9.74. The van der Waals surface area contributed by atoms with Crippen molar-refractivity contribution in [3.8, 4) is 22.0 Å². The summed E-state index contributed by atoms with van der Waals surface area (Å²) in [5, 5.41) is 9.98. The van der Waals surface area contributed by atoms with Gasteiger partial charge in [0.15, 0.2) is 5.13 Å².